The zero-order valence-electron chi connectivity index (χ0n) is 11.2. The first-order valence-electron chi connectivity index (χ1n) is 6.83. The van der Waals surface area contributed by atoms with Crippen LogP contribution in [0, 0.1) is 5.92 Å². The molecule has 4 N–H and O–H groups in total. The van der Waals surface area contributed by atoms with E-state index in [2.05, 4.69) is 34.6 Å². The van der Waals surface area contributed by atoms with E-state index in [-0.39, 0.29) is 0 Å². The fourth-order valence-electron chi connectivity index (χ4n) is 2.79. The van der Waals surface area contributed by atoms with Gasteiger partial charge in [0.1, 0.15) is 18.0 Å². The summed E-state index contributed by atoms with van der Waals surface area (Å²) in [7, 11) is 0. The Morgan fingerprint density at radius 2 is 2.00 bits per heavy atom. The molecule has 0 aliphatic heterocycles. The van der Waals surface area contributed by atoms with E-state index in [1.807, 2.05) is 0 Å². The molecule has 18 heavy (non-hydrogen) atoms. The molecule has 1 aliphatic rings. The van der Waals surface area contributed by atoms with E-state index >= 15 is 0 Å². The number of rotatable bonds is 5. The van der Waals surface area contributed by atoms with Crippen LogP contribution in [0.25, 0.3) is 0 Å². The van der Waals surface area contributed by atoms with Gasteiger partial charge < -0.3 is 10.7 Å². The number of hydrazine groups is 1. The second-order valence-corrected chi connectivity index (χ2v) is 5.02. The molecule has 1 aromatic rings. The Kier molecular flexibility index (Phi) is 4.36. The quantitative estimate of drug-likeness (QED) is 0.551. The van der Waals surface area contributed by atoms with Crippen molar-refractivity contribution in [2.24, 2.45) is 11.8 Å². The summed E-state index contributed by atoms with van der Waals surface area (Å²) in [6, 6.07) is 0.457. The van der Waals surface area contributed by atoms with Gasteiger partial charge >= 0.3 is 0 Å². The fraction of sp³-hybridized carbons (Fsp3) is 0.692. The predicted molar refractivity (Wildman–Crippen MR) is 74.3 cm³/mol. The molecule has 0 spiro atoms. The highest BCUT2D eigenvalue weighted by Gasteiger charge is 2.22. The lowest BCUT2D eigenvalue weighted by Gasteiger charge is -2.22. The van der Waals surface area contributed by atoms with Crippen LogP contribution < -0.4 is 16.6 Å². The van der Waals surface area contributed by atoms with Crippen LogP contribution >= 0.6 is 0 Å². The molecule has 1 fully saturated rings. The topological polar surface area (TPSA) is 75.9 Å². The van der Waals surface area contributed by atoms with Crippen molar-refractivity contribution in [3.8, 4) is 0 Å². The number of nitrogens with zero attached hydrogens (tertiary/aromatic N) is 2. The summed E-state index contributed by atoms with van der Waals surface area (Å²) in [5.41, 5.74) is 3.70. The lowest BCUT2D eigenvalue weighted by molar-refractivity contribution is 0.480. The number of anilines is 2. The molecule has 2 rings (SSSR count). The van der Waals surface area contributed by atoms with E-state index < -0.39 is 0 Å². The molecule has 0 aromatic carbocycles. The van der Waals surface area contributed by atoms with E-state index in [1.54, 1.807) is 6.33 Å². The smallest absolute Gasteiger partial charge is 0.148 e. The third-order valence-corrected chi connectivity index (χ3v) is 3.91. The van der Waals surface area contributed by atoms with Gasteiger partial charge in [-0.2, -0.15) is 0 Å². The van der Waals surface area contributed by atoms with Crippen LogP contribution in [0.3, 0.4) is 0 Å². The number of aromatic nitrogens is 2. The minimum absolute atomic E-state index is 0.457. The summed E-state index contributed by atoms with van der Waals surface area (Å²) in [6.45, 7) is 4.33. The van der Waals surface area contributed by atoms with Crippen molar-refractivity contribution in [1.82, 2.24) is 9.97 Å². The van der Waals surface area contributed by atoms with Crippen LogP contribution in [-0.4, -0.2) is 16.0 Å². The summed E-state index contributed by atoms with van der Waals surface area (Å²) >= 11 is 0. The highest BCUT2D eigenvalue weighted by atomic mass is 15.3. The van der Waals surface area contributed by atoms with Crippen LogP contribution in [0.2, 0.25) is 0 Å². The maximum Gasteiger partial charge on any atom is 0.148 e. The largest absolute Gasteiger partial charge is 0.367 e. The molecule has 1 heterocycles. The molecule has 0 radical (unpaired) electrons. The predicted octanol–water partition coefficient (Wildman–Crippen LogP) is 2.32. The monoisotopic (exact) mass is 249 g/mol. The molecule has 1 unspecified atom stereocenters. The van der Waals surface area contributed by atoms with Crippen LogP contribution in [0.1, 0.15) is 45.1 Å². The zero-order chi connectivity index (χ0) is 13.0. The van der Waals surface area contributed by atoms with Crippen LogP contribution in [-0.2, 0) is 6.42 Å². The van der Waals surface area contributed by atoms with E-state index in [4.69, 9.17) is 5.84 Å². The van der Waals surface area contributed by atoms with Crippen molar-refractivity contribution in [1.29, 1.82) is 0 Å². The molecule has 1 saturated carbocycles. The molecule has 0 saturated heterocycles. The van der Waals surface area contributed by atoms with Gasteiger partial charge in [-0.25, -0.2) is 15.8 Å². The lowest BCUT2D eigenvalue weighted by atomic mass is 9.99. The van der Waals surface area contributed by atoms with Gasteiger partial charge in [0.25, 0.3) is 0 Å². The second-order valence-electron chi connectivity index (χ2n) is 5.02. The Morgan fingerprint density at radius 1 is 1.33 bits per heavy atom. The van der Waals surface area contributed by atoms with Gasteiger partial charge in [0.05, 0.1) is 0 Å². The summed E-state index contributed by atoms with van der Waals surface area (Å²) in [5, 5.41) is 3.53. The van der Waals surface area contributed by atoms with Gasteiger partial charge in [0.2, 0.25) is 0 Å². The van der Waals surface area contributed by atoms with E-state index in [0.717, 1.165) is 23.7 Å². The highest BCUT2D eigenvalue weighted by Crippen LogP contribution is 2.30. The van der Waals surface area contributed by atoms with Crippen molar-refractivity contribution in [3.05, 3.63) is 11.9 Å². The molecule has 0 bridgehead atoms. The van der Waals surface area contributed by atoms with E-state index in [1.165, 1.54) is 25.7 Å². The first kappa shape index (κ1) is 13.1. The first-order chi connectivity index (χ1) is 8.76. The standard InChI is InChI=1S/C13H23N5/c1-3-11-12(15-8-16-13(11)18-14)17-9(2)10-6-4-5-7-10/h8-10H,3-7,14H2,1-2H3,(H2,15,16,17,18). The third-order valence-electron chi connectivity index (χ3n) is 3.91. The Morgan fingerprint density at radius 3 is 2.61 bits per heavy atom. The highest BCUT2D eigenvalue weighted by molar-refractivity contribution is 5.57. The van der Waals surface area contributed by atoms with Gasteiger partial charge in [0.15, 0.2) is 0 Å². The number of nitrogens with two attached hydrogens (primary N) is 1. The Bertz CT molecular complexity index is 387. The Hall–Kier alpha value is -1.36. The van der Waals surface area contributed by atoms with Gasteiger partial charge in [-0.05, 0) is 32.1 Å². The Balaban J connectivity index is 2.12. The van der Waals surface area contributed by atoms with Crippen molar-refractivity contribution in [2.75, 3.05) is 10.7 Å². The van der Waals surface area contributed by atoms with Gasteiger partial charge in [-0.1, -0.05) is 19.8 Å². The first-order valence-corrected chi connectivity index (χ1v) is 6.83. The average molecular weight is 249 g/mol. The van der Waals surface area contributed by atoms with Gasteiger partial charge in [-0.15, -0.1) is 0 Å². The van der Waals surface area contributed by atoms with Crippen LogP contribution in [0.4, 0.5) is 11.6 Å². The maximum absolute atomic E-state index is 5.48. The van der Waals surface area contributed by atoms with Gasteiger partial charge in [0, 0.05) is 11.6 Å². The molecule has 0 amide bonds. The second kappa shape index (κ2) is 6.00. The number of nitrogens with one attached hydrogen (secondary N) is 2. The summed E-state index contributed by atoms with van der Waals surface area (Å²) < 4.78 is 0. The zero-order valence-corrected chi connectivity index (χ0v) is 11.2. The van der Waals surface area contributed by atoms with Crippen molar-refractivity contribution in [2.45, 2.75) is 52.0 Å². The summed E-state index contributed by atoms with van der Waals surface area (Å²) in [4.78, 5) is 8.50. The number of hydrogen-bond acceptors (Lipinski definition) is 5. The number of hydrogen-bond donors (Lipinski definition) is 3. The molecule has 5 nitrogen and oxygen atoms in total. The SMILES string of the molecule is CCc1c(NN)ncnc1NC(C)C1CCCC1. The molecular formula is C13H23N5. The molecule has 1 aliphatic carbocycles. The molecule has 5 heteroatoms. The van der Waals surface area contributed by atoms with Crippen LogP contribution in [0.5, 0.6) is 0 Å². The summed E-state index contributed by atoms with van der Waals surface area (Å²) in [6.07, 6.45) is 7.77. The molecular weight excluding hydrogens is 226 g/mol. The fourth-order valence-corrected chi connectivity index (χ4v) is 2.79. The lowest BCUT2D eigenvalue weighted by Crippen LogP contribution is -2.25. The minimum atomic E-state index is 0.457. The van der Waals surface area contributed by atoms with Crippen LogP contribution in [0.15, 0.2) is 6.33 Å². The minimum Gasteiger partial charge on any atom is -0.367 e. The molecule has 1 atom stereocenters. The maximum atomic E-state index is 5.48. The molecule has 1 aromatic heterocycles. The average Bonchev–Trinajstić information content (AvgIpc) is 2.92. The summed E-state index contributed by atoms with van der Waals surface area (Å²) in [5.74, 6) is 7.88. The normalized spacial score (nSPS) is 17.7. The third kappa shape index (κ3) is 2.72. The van der Waals surface area contributed by atoms with E-state index in [9.17, 15) is 0 Å². The Labute approximate surface area is 109 Å². The molecule has 100 valence electrons. The van der Waals surface area contributed by atoms with Crippen molar-refractivity contribution < 1.29 is 0 Å². The van der Waals surface area contributed by atoms with Crippen molar-refractivity contribution in [3.63, 3.8) is 0 Å². The van der Waals surface area contributed by atoms with E-state index in [0.29, 0.717) is 11.9 Å². The van der Waals surface area contributed by atoms with Crippen molar-refractivity contribution >= 4 is 11.6 Å². The van der Waals surface area contributed by atoms with Gasteiger partial charge in [-0.3, -0.25) is 0 Å². The number of nitrogen functional groups attached to an aromatic ring is 1.